The Kier molecular flexibility index (Phi) is 6.77. The van der Waals surface area contributed by atoms with Crippen LogP contribution in [0.25, 0.3) is 0 Å². The van der Waals surface area contributed by atoms with E-state index in [0.717, 1.165) is 12.2 Å². The third-order valence-corrected chi connectivity index (χ3v) is 6.24. The summed E-state index contributed by atoms with van der Waals surface area (Å²) in [5.41, 5.74) is 0.619. The molecule has 0 saturated carbocycles. The first-order valence-corrected chi connectivity index (χ1v) is 9.87. The lowest BCUT2D eigenvalue weighted by atomic mass is 10.3. The minimum Gasteiger partial charge on any atom is -0.390 e. The molecule has 1 aromatic heterocycles. The molecule has 1 N–H and O–H groups in total. The molecule has 0 bridgehead atoms. The minimum atomic E-state index is -3.52. The number of hydrogen-bond acceptors (Lipinski definition) is 4. The van der Waals surface area contributed by atoms with Crippen molar-refractivity contribution in [3.63, 3.8) is 0 Å². The third-order valence-electron chi connectivity index (χ3n) is 3.66. The summed E-state index contributed by atoms with van der Waals surface area (Å²) in [6, 6.07) is 1.62. The van der Waals surface area contributed by atoms with E-state index in [1.807, 2.05) is 27.0 Å². The van der Waals surface area contributed by atoms with Crippen molar-refractivity contribution in [2.75, 3.05) is 19.1 Å². The van der Waals surface area contributed by atoms with E-state index in [0.29, 0.717) is 5.69 Å². The van der Waals surface area contributed by atoms with Crippen molar-refractivity contribution >= 4 is 21.8 Å². The van der Waals surface area contributed by atoms with Gasteiger partial charge in [-0.05, 0) is 45.3 Å². The summed E-state index contributed by atoms with van der Waals surface area (Å²) < 4.78 is 28.5. The van der Waals surface area contributed by atoms with E-state index >= 15 is 0 Å². The summed E-state index contributed by atoms with van der Waals surface area (Å²) in [6.07, 6.45) is 4.44. The zero-order valence-electron chi connectivity index (χ0n) is 13.4. The molecule has 0 aliphatic rings. The van der Waals surface area contributed by atoms with Crippen molar-refractivity contribution in [2.24, 2.45) is 0 Å². The second-order valence-corrected chi connectivity index (χ2v) is 8.46. The molecule has 122 valence electrons. The number of aliphatic hydroxyl groups excluding tert-OH is 1. The Morgan fingerprint density at radius 1 is 1.38 bits per heavy atom. The summed E-state index contributed by atoms with van der Waals surface area (Å²) in [6.45, 7) is 5.67. The van der Waals surface area contributed by atoms with Crippen LogP contribution in [0, 0.1) is 0 Å². The molecule has 0 spiro atoms. The lowest BCUT2D eigenvalue weighted by Crippen LogP contribution is -2.35. The number of aromatic nitrogens is 1. The molecule has 7 heteroatoms. The Morgan fingerprint density at radius 2 is 2.00 bits per heavy atom. The highest BCUT2D eigenvalue weighted by atomic mass is 32.2. The average Bonchev–Trinajstić information content (AvgIpc) is 2.88. The van der Waals surface area contributed by atoms with Gasteiger partial charge < -0.3 is 9.67 Å². The van der Waals surface area contributed by atoms with Crippen LogP contribution in [0.15, 0.2) is 17.2 Å². The molecule has 0 aliphatic carbocycles. The van der Waals surface area contributed by atoms with Crippen molar-refractivity contribution in [3.8, 4) is 0 Å². The molecule has 0 radical (unpaired) electrons. The second-order valence-electron chi connectivity index (χ2n) is 5.48. The maximum atomic E-state index is 12.7. The van der Waals surface area contributed by atoms with Crippen molar-refractivity contribution < 1.29 is 13.5 Å². The number of thioether (sulfide) groups is 1. The molecule has 0 aliphatic heterocycles. The van der Waals surface area contributed by atoms with Crippen LogP contribution in [0.2, 0.25) is 0 Å². The van der Waals surface area contributed by atoms with Gasteiger partial charge in [0.1, 0.15) is 4.90 Å². The largest absolute Gasteiger partial charge is 0.390 e. The third kappa shape index (κ3) is 4.25. The summed E-state index contributed by atoms with van der Waals surface area (Å²) in [7, 11) is -1.91. The van der Waals surface area contributed by atoms with Gasteiger partial charge in [-0.1, -0.05) is 0 Å². The highest BCUT2D eigenvalue weighted by Crippen LogP contribution is 2.23. The van der Waals surface area contributed by atoms with E-state index in [-0.39, 0.29) is 23.6 Å². The van der Waals surface area contributed by atoms with Gasteiger partial charge in [-0.2, -0.15) is 16.1 Å². The van der Waals surface area contributed by atoms with Crippen molar-refractivity contribution in [1.29, 1.82) is 0 Å². The first kappa shape index (κ1) is 18.5. The molecule has 0 saturated heterocycles. The second kappa shape index (κ2) is 7.67. The topological polar surface area (TPSA) is 62.5 Å². The summed E-state index contributed by atoms with van der Waals surface area (Å²) in [4.78, 5) is 0.249. The molecular formula is C14H26N2O3S2. The van der Waals surface area contributed by atoms with Crippen molar-refractivity contribution in [3.05, 3.63) is 18.0 Å². The zero-order valence-corrected chi connectivity index (χ0v) is 15.0. The molecule has 1 aromatic rings. The van der Waals surface area contributed by atoms with Gasteiger partial charge >= 0.3 is 0 Å². The van der Waals surface area contributed by atoms with Crippen LogP contribution in [0.3, 0.4) is 0 Å². The predicted molar refractivity (Wildman–Crippen MR) is 88.1 cm³/mol. The van der Waals surface area contributed by atoms with Gasteiger partial charge in [-0.3, -0.25) is 0 Å². The molecule has 0 fully saturated rings. The minimum absolute atomic E-state index is 0.0533. The summed E-state index contributed by atoms with van der Waals surface area (Å²) in [5.74, 6) is 0.927. The molecule has 1 rings (SSSR count). The number of hydrogen-bond donors (Lipinski definition) is 1. The predicted octanol–water partition coefficient (Wildman–Crippen LogP) is 2.32. The van der Waals surface area contributed by atoms with Crippen LogP contribution in [-0.4, -0.2) is 47.5 Å². The highest BCUT2D eigenvalue weighted by molar-refractivity contribution is 7.98. The zero-order chi connectivity index (χ0) is 16.2. The molecule has 0 aromatic carbocycles. The standard InChI is InChI=1S/C14H26N2O3S2/c1-11(2)16-9-14(8-13(16)10-17)21(18,19)15(4)12(3)6-7-20-5/h8-9,11-12,17H,6-7,10H2,1-5H3. The van der Waals surface area contributed by atoms with Crippen LogP contribution in [0.1, 0.15) is 38.9 Å². The molecule has 1 atom stereocenters. The molecule has 1 unspecified atom stereocenters. The van der Waals surface area contributed by atoms with E-state index in [2.05, 4.69) is 0 Å². The fraction of sp³-hybridized carbons (Fsp3) is 0.714. The van der Waals surface area contributed by atoms with Crippen LogP contribution in [0.4, 0.5) is 0 Å². The Morgan fingerprint density at radius 3 is 2.43 bits per heavy atom. The lowest BCUT2D eigenvalue weighted by molar-refractivity contribution is 0.268. The maximum absolute atomic E-state index is 12.7. The van der Waals surface area contributed by atoms with Crippen LogP contribution in [0.5, 0.6) is 0 Å². The highest BCUT2D eigenvalue weighted by Gasteiger charge is 2.27. The maximum Gasteiger partial charge on any atom is 0.244 e. The molecule has 1 heterocycles. The molecule has 21 heavy (non-hydrogen) atoms. The number of rotatable bonds is 8. The van der Waals surface area contributed by atoms with Gasteiger partial charge in [-0.25, -0.2) is 8.42 Å². The van der Waals surface area contributed by atoms with Crippen molar-refractivity contribution in [1.82, 2.24) is 8.87 Å². The van der Waals surface area contributed by atoms with Crippen LogP contribution >= 0.6 is 11.8 Å². The fourth-order valence-electron chi connectivity index (χ4n) is 2.12. The smallest absolute Gasteiger partial charge is 0.244 e. The van der Waals surface area contributed by atoms with Crippen LogP contribution < -0.4 is 0 Å². The van der Waals surface area contributed by atoms with E-state index in [9.17, 15) is 13.5 Å². The van der Waals surface area contributed by atoms with E-state index in [1.54, 1.807) is 35.6 Å². The molecule has 5 nitrogen and oxygen atoms in total. The number of sulfonamides is 1. The van der Waals surface area contributed by atoms with Gasteiger partial charge in [0.2, 0.25) is 10.0 Å². The Hall–Kier alpha value is -0.500. The van der Waals surface area contributed by atoms with E-state index in [1.165, 1.54) is 4.31 Å². The van der Waals surface area contributed by atoms with Gasteiger partial charge in [0.05, 0.1) is 6.61 Å². The molecule has 0 amide bonds. The Balaban J connectivity index is 3.07. The number of nitrogens with zero attached hydrogens (tertiary/aromatic N) is 2. The summed E-state index contributed by atoms with van der Waals surface area (Å²) >= 11 is 1.71. The van der Waals surface area contributed by atoms with Crippen molar-refractivity contribution in [2.45, 2.75) is 50.8 Å². The van der Waals surface area contributed by atoms with Gasteiger partial charge in [0.25, 0.3) is 0 Å². The Labute approximate surface area is 132 Å². The SMILES string of the molecule is CSCCC(C)N(C)S(=O)(=O)c1cc(CO)n(C(C)C)c1. The van der Waals surface area contributed by atoms with E-state index in [4.69, 9.17) is 0 Å². The quantitative estimate of drug-likeness (QED) is 0.792. The van der Waals surface area contributed by atoms with Gasteiger partial charge in [0.15, 0.2) is 0 Å². The normalized spacial score (nSPS) is 14.1. The lowest BCUT2D eigenvalue weighted by Gasteiger charge is -2.23. The average molecular weight is 335 g/mol. The molecular weight excluding hydrogens is 308 g/mol. The Bertz CT molecular complexity index is 553. The van der Waals surface area contributed by atoms with E-state index < -0.39 is 10.0 Å². The first-order chi connectivity index (χ1) is 9.75. The van der Waals surface area contributed by atoms with Gasteiger partial charge in [0, 0.05) is 31.0 Å². The number of aliphatic hydroxyl groups is 1. The first-order valence-electron chi connectivity index (χ1n) is 7.04. The monoisotopic (exact) mass is 334 g/mol. The summed E-state index contributed by atoms with van der Waals surface area (Å²) in [5, 5.41) is 9.38. The van der Waals surface area contributed by atoms with Gasteiger partial charge in [-0.15, -0.1) is 0 Å². The van der Waals surface area contributed by atoms with Crippen LogP contribution in [-0.2, 0) is 16.6 Å². The fourth-order valence-corrected chi connectivity index (χ4v) is 4.14.